The zero-order chi connectivity index (χ0) is 12.4. The molecule has 1 fully saturated rings. The molecule has 18 heavy (non-hydrogen) atoms. The molecule has 2 heterocycles. The van der Waals surface area contributed by atoms with E-state index in [1.54, 1.807) is 11.3 Å². The van der Waals surface area contributed by atoms with Gasteiger partial charge in [0.2, 0.25) is 0 Å². The minimum Gasteiger partial charge on any atom is -0.348 e. The Morgan fingerprint density at radius 2 is 1.78 bits per heavy atom. The van der Waals surface area contributed by atoms with Crippen LogP contribution in [0.15, 0.2) is 29.6 Å². The molecule has 0 aliphatic carbocycles. The van der Waals surface area contributed by atoms with Crippen LogP contribution in [0, 0.1) is 0 Å². The highest BCUT2D eigenvalue weighted by atomic mass is 35.5. The topological polar surface area (TPSA) is 16.1 Å². The smallest absolute Gasteiger partial charge is 0.185 e. The van der Waals surface area contributed by atoms with E-state index >= 15 is 0 Å². The number of benzene rings is 1. The summed E-state index contributed by atoms with van der Waals surface area (Å²) in [5, 5.41) is 4.05. The van der Waals surface area contributed by atoms with Crippen molar-refractivity contribution in [1.29, 1.82) is 0 Å². The molecule has 1 aliphatic heterocycles. The van der Waals surface area contributed by atoms with Gasteiger partial charge in [-0.15, -0.1) is 11.3 Å². The molecule has 0 spiro atoms. The average molecular weight is 279 g/mol. The Morgan fingerprint density at radius 1 is 1.06 bits per heavy atom. The first kappa shape index (κ1) is 12.0. The standard InChI is InChI=1S/C14H15ClN2S/c15-12-6-4-11(5-7-12)13-10-18-14(16-13)17-8-2-1-3-9-17/h4-7,10H,1-3,8-9H2. The molecular weight excluding hydrogens is 264 g/mol. The second-order valence-corrected chi connectivity index (χ2v) is 5.84. The number of thiazole rings is 1. The minimum absolute atomic E-state index is 0.769. The molecule has 0 atom stereocenters. The van der Waals surface area contributed by atoms with Gasteiger partial charge in [-0.1, -0.05) is 23.7 Å². The summed E-state index contributed by atoms with van der Waals surface area (Å²) in [6, 6.07) is 7.88. The van der Waals surface area contributed by atoms with Gasteiger partial charge >= 0.3 is 0 Å². The van der Waals surface area contributed by atoms with Gasteiger partial charge in [-0.2, -0.15) is 0 Å². The normalized spacial score (nSPS) is 15.9. The summed E-state index contributed by atoms with van der Waals surface area (Å²) in [4.78, 5) is 7.13. The predicted molar refractivity (Wildman–Crippen MR) is 78.6 cm³/mol. The summed E-state index contributed by atoms with van der Waals surface area (Å²) in [6.45, 7) is 2.29. The van der Waals surface area contributed by atoms with Crippen molar-refractivity contribution < 1.29 is 0 Å². The fraction of sp³-hybridized carbons (Fsp3) is 0.357. The highest BCUT2D eigenvalue weighted by Crippen LogP contribution is 2.29. The number of piperidine rings is 1. The number of anilines is 1. The van der Waals surface area contributed by atoms with Gasteiger partial charge in [0.25, 0.3) is 0 Å². The van der Waals surface area contributed by atoms with Crippen LogP contribution in [-0.2, 0) is 0 Å². The van der Waals surface area contributed by atoms with Gasteiger partial charge in [0, 0.05) is 29.1 Å². The van der Waals surface area contributed by atoms with Crippen LogP contribution in [-0.4, -0.2) is 18.1 Å². The van der Waals surface area contributed by atoms with Crippen LogP contribution in [0.2, 0.25) is 5.02 Å². The molecule has 4 heteroatoms. The van der Waals surface area contributed by atoms with Crippen LogP contribution in [0.4, 0.5) is 5.13 Å². The fourth-order valence-electron chi connectivity index (χ4n) is 2.25. The third-order valence-corrected chi connectivity index (χ3v) is 4.41. The second-order valence-electron chi connectivity index (χ2n) is 4.57. The fourth-order valence-corrected chi connectivity index (χ4v) is 3.26. The van der Waals surface area contributed by atoms with Crippen LogP contribution in [0.3, 0.4) is 0 Å². The lowest BCUT2D eigenvalue weighted by molar-refractivity contribution is 0.577. The monoisotopic (exact) mass is 278 g/mol. The number of aromatic nitrogens is 1. The maximum absolute atomic E-state index is 5.90. The lowest BCUT2D eigenvalue weighted by Crippen LogP contribution is -2.29. The zero-order valence-corrected chi connectivity index (χ0v) is 11.7. The van der Waals surface area contributed by atoms with Gasteiger partial charge in [0.05, 0.1) is 5.69 Å². The van der Waals surface area contributed by atoms with Gasteiger partial charge in [0.15, 0.2) is 5.13 Å². The van der Waals surface area contributed by atoms with Crippen molar-refractivity contribution in [1.82, 2.24) is 4.98 Å². The minimum atomic E-state index is 0.769. The second kappa shape index (κ2) is 5.29. The highest BCUT2D eigenvalue weighted by molar-refractivity contribution is 7.14. The van der Waals surface area contributed by atoms with Gasteiger partial charge < -0.3 is 4.90 Å². The van der Waals surface area contributed by atoms with Crippen LogP contribution < -0.4 is 4.90 Å². The first-order valence-electron chi connectivity index (χ1n) is 6.29. The molecule has 1 saturated heterocycles. The Bertz CT molecular complexity index is 515. The van der Waals surface area contributed by atoms with E-state index in [-0.39, 0.29) is 0 Å². The molecule has 2 aromatic rings. The number of halogens is 1. The molecule has 0 N–H and O–H groups in total. The molecule has 0 unspecified atom stereocenters. The molecule has 0 radical (unpaired) electrons. The Balaban J connectivity index is 1.82. The van der Waals surface area contributed by atoms with Crippen molar-refractivity contribution in [3.63, 3.8) is 0 Å². The summed E-state index contributed by atoms with van der Waals surface area (Å²) < 4.78 is 0. The molecule has 0 bridgehead atoms. The Hall–Kier alpha value is -1.06. The maximum Gasteiger partial charge on any atom is 0.185 e. The third kappa shape index (κ3) is 2.52. The molecule has 3 rings (SSSR count). The first-order valence-corrected chi connectivity index (χ1v) is 7.55. The van der Waals surface area contributed by atoms with E-state index in [1.165, 1.54) is 19.3 Å². The van der Waals surface area contributed by atoms with Gasteiger partial charge in [-0.3, -0.25) is 0 Å². The van der Waals surface area contributed by atoms with Gasteiger partial charge in [-0.05, 0) is 31.4 Å². The molecule has 1 aromatic carbocycles. The lowest BCUT2D eigenvalue weighted by atomic mass is 10.1. The third-order valence-electron chi connectivity index (χ3n) is 3.26. The largest absolute Gasteiger partial charge is 0.348 e. The molecule has 0 amide bonds. The molecule has 1 aromatic heterocycles. The van der Waals surface area contributed by atoms with Crippen molar-refractivity contribution in [3.05, 3.63) is 34.7 Å². The first-order chi connectivity index (χ1) is 8.83. The van der Waals surface area contributed by atoms with E-state index in [1.807, 2.05) is 24.3 Å². The van der Waals surface area contributed by atoms with E-state index < -0.39 is 0 Å². The SMILES string of the molecule is Clc1ccc(-c2csc(N3CCCCC3)n2)cc1. The average Bonchev–Trinajstić information content (AvgIpc) is 2.90. The molecule has 0 saturated carbocycles. The number of hydrogen-bond acceptors (Lipinski definition) is 3. The van der Waals surface area contributed by atoms with Crippen molar-refractivity contribution >= 4 is 28.1 Å². The summed E-state index contributed by atoms with van der Waals surface area (Å²) in [6.07, 6.45) is 3.93. The highest BCUT2D eigenvalue weighted by Gasteiger charge is 2.14. The quantitative estimate of drug-likeness (QED) is 0.807. The molecule has 94 valence electrons. The Labute approximate surface area is 116 Å². The Kier molecular flexibility index (Phi) is 3.52. The zero-order valence-electron chi connectivity index (χ0n) is 10.1. The number of rotatable bonds is 2. The van der Waals surface area contributed by atoms with E-state index in [0.717, 1.165) is 34.5 Å². The van der Waals surface area contributed by atoms with Crippen LogP contribution in [0.1, 0.15) is 19.3 Å². The summed E-state index contributed by atoms with van der Waals surface area (Å²) in [7, 11) is 0. The summed E-state index contributed by atoms with van der Waals surface area (Å²) in [5.41, 5.74) is 2.19. The summed E-state index contributed by atoms with van der Waals surface area (Å²) in [5.74, 6) is 0. The van der Waals surface area contributed by atoms with Gasteiger partial charge in [-0.25, -0.2) is 4.98 Å². The molecular formula is C14H15ClN2S. The van der Waals surface area contributed by atoms with E-state index in [2.05, 4.69) is 10.3 Å². The number of nitrogens with zero attached hydrogens (tertiary/aromatic N) is 2. The maximum atomic E-state index is 5.90. The van der Waals surface area contributed by atoms with E-state index in [9.17, 15) is 0 Å². The van der Waals surface area contributed by atoms with Crippen molar-refractivity contribution in [2.24, 2.45) is 0 Å². The number of hydrogen-bond donors (Lipinski definition) is 0. The lowest BCUT2D eigenvalue weighted by Gasteiger charge is -2.25. The molecule has 1 aliphatic rings. The van der Waals surface area contributed by atoms with Crippen LogP contribution in [0.5, 0.6) is 0 Å². The molecule has 2 nitrogen and oxygen atoms in total. The Morgan fingerprint density at radius 3 is 2.50 bits per heavy atom. The van der Waals surface area contributed by atoms with Gasteiger partial charge in [0.1, 0.15) is 0 Å². The van der Waals surface area contributed by atoms with Crippen molar-refractivity contribution in [2.75, 3.05) is 18.0 Å². The van der Waals surface area contributed by atoms with Crippen LogP contribution in [0.25, 0.3) is 11.3 Å². The van der Waals surface area contributed by atoms with Crippen molar-refractivity contribution in [2.45, 2.75) is 19.3 Å². The van der Waals surface area contributed by atoms with E-state index in [4.69, 9.17) is 16.6 Å². The van der Waals surface area contributed by atoms with Crippen molar-refractivity contribution in [3.8, 4) is 11.3 Å². The van der Waals surface area contributed by atoms with Crippen LogP contribution >= 0.6 is 22.9 Å². The summed E-state index contributed by atoms with van der Waals surface area (Å²) >= 11 is 7.64. The predicted octanol–water partition coefficient (Wildman–Crippen LogP) is 4.45. The van der Waals surface area contributed by atoms with E-state index in [0.29, 0.717) is 0 Å².